The molecule has 5 nitrogen and oxygen atoms in total. The maximum Gasteiger partial charge on any atom is 0.227 e. The van der Waals surface area contributed by atoms with E-state index in [1.165, 1.54) is 67.0 Å². The van der Waals surface area contributed by atoms with Crippen molar-refractivity contribution in [1.29, 1.82) is 0 Å². The lowest BCUT2D eigenvalue weighted by atomic mass is 9.90. The van der Waals surface area contributed by atoms with E-state index >= 15 is 0 Å². The Morgan fingerprint density at radius 2 is 0.970 bits per heavy atom. The summed E-state index contributed by atoms with van der Waals surface area (Å²) in [5.74, 6) is 0. The van der Waals surface area contributed by atoms with E-state index in [1.54, 1.807) is 6.07 Å². The third-order valence-electron chi connectivity index (χ3n) is 13.3. The van der Waals surface area contributed by atoms with E-state index in [2.05, 4.69) is 213 Å². The average Bonchev–Trinajstić information content (AvgIpc) is 3.71. The molecule has 324 valence electrons. The van der Waals surface area contributed by atoms with Crippen LogP contribution in [0.3, 0.4) is 0 Å². The van der Waals surface area contributed by atoms with Gasteiger partial charge in [-0.1, -0.05) is 91.0 Å². The number of aromatic nitrogens is 4. The molecule has 0 N–H and O–H groups in total. The van der Waals surface area contributed by atoms with E-state index in [-0.39, 0.29) is 5.69 Å². The lowest BCUT2D eigenvalue weighted by Crippen LogP contribution is -2.31. The van der Waals surface area contributed by atoms with Crippen molar-refractivity contribution in [2.45, 2.75) is 53.3 Å². The molecule has 0 aliphatic carbocycles. The topological polar surface area (TPSA) is 37.7 Å². The molecule has 5 heteroatoms. The molecule has 10 rings (SSSR count). The van der Waals surface area contributed by atoms with Gasteiger partial charge >= 0.3 is 0 Å². The third kappa shape index (κ3) is 8.33. The summed E-state index contributed by atoms with van der Waals surface area (Å²) >= 11 is 0. The predicted octanol–water partition coefficient (Wildman–Crippen LogP) is 12.6. The summed E-state index contributed by atoms with van der Waals surface area (Å²) in [6.45, 7) is 4.10. The zero-order chi connectivity index (χ0) is 48.0. The number of aryl methyl sites for hydroxylation is 11. The molecule has 66 heavy (non-hydrogen) atoms. The number of hydrogen-bond donors (Lipinski definition) is 0. The third-order valence-corrected chi connectivity index (χ3v) is 13.3. The number of fused-ring (bicyclic) bond motifs is 3. The van der Waals surface area contributed by atoms with Crippen LogP contribution in [0.2, 0.25) is 0 Å². The molecule has 0 radical (unpaired) electrons. The number of nitrogens with zero attached hydrogens (tertiary/aromatic N) is 4. The predicted molar refractivity (Wildman–Crippen MR) is 269 cm³/mol. The minimum Gasteiger partial charge on any atom is -0.437 e. The molecule has 0 atom stereocenters. The molecular weight excluding hydrogens is 805 g/mol. The summed E-state index contributed by atoms with van der Waals surface area (Å²) < 4.78 is 36.8. The smallest absolute Gasteiger partial charge is 0.227 e. The fourth-order valence-electron chi connectivity index (χ4n) is 9.84. The monoisotopic (exact) mass is 864 g/mol. The minimum absolute atomic E-state index is 0.0229. The van der Waals surface area contributed by atoms with Gasteiger partial charge in [-0.25, -0.2) is 18.7 Å². The maximum absolute atomic E-state index is 7.91. The van der Waals surface area contributed by atoms with Crippen LogP contribution in [-0.2, 0) is 46.8 Å². The average molecular weight is 865 g/mol. The second kappa shape index (κ2) is 17.8. The quantitative estimate of drug-likeness (QED) is 0.122. The highest BCUT2D eigenvalue weighted by Gasteiger charge is 2.23. The molecule has 5 aromatic carbocycles. The van der Waals surface area contributed by atoms with Crippen LogP contribution in [-0.4, -0.2) is 4.98 Å². The number of hydrogen-bond acceptors (Lipinski definition) is 2. The standard InChI is InChI=1S/C61H57N4O/c1-40-14-8-10-16-50(40)56-31-26-44(37-63(56)5)22-24-46-34-47(25-23-45-27-32-57(64(6)38-45)51-17-11-9-15-41(51)2)36-49(35-46)53-19-13-12-18-52(53)48-28-33-58(65(7)39-48)59-42(3)20-29-54-55-30-21-43(4)62-61(55)66-60(54)59/h8-21,26-39H,22-25H2,1-7H3/q+3/i4D3. The van der Waals surface area contributed by atoms with Gasteiger partial charge in [0.2, 0.25) is 22.8 Å². The lowest BCUT2D eigenvalue weighted by Gasteiger charge is -2.14. The Hall–Kier alpha value is -7.50. The molecule has 0 spiro atoms. The van der Waals surface area contributed by atoms with E-state index in [0.717, 1.165) is 64.4 Å². The zero-order valence-corrected chi connectivity index (χ0v) is 38.7. The Kier molecular flexibility index (Phi) is 10.5. The maximum atomic E-state index is 7.91. The first kappa shape index (κ1) is 38.9. The van der Waals surface area contributed by atoms with Crippen molar-refractivity contribution >= 4 is 22.1 Å². The second-order valence-electron chi connectivity index (χ2n) is 18.0. The van der Waals surface area contributed by atoms with Gasteiger partial charge in [0.05, 0.1) is 5.56 Å². The molecule has 0 fully saturated rings. The number of pyridine rings is 4. The van der Waals surface area contributed by atoms with Crippen molar-refractivity contribution in [1.82, 2.24) is 4.98 Å². The van der Waals surface area contributed by atoms with Gasteiger partial charge in [0, 0.05) is 66.6 Å². The van der Waals surface area contributed by atoms with Crippen LogP contribution in [0.1, 0.15) is 48.8 Å². The van der Waals surface area contributed by atoms with Gasteiger partial charge in [-0.05, 0) is 140 Å². The number of furan rings is 1. The van der Waals surface area contributed by atoms with Crippen LogP contribution >= 0.6 is 0 Å². The van der Waals surface area contributed by atoms with Gasteiger partial charge in [0.25, 0.3) is 0 Å². The van der Waals surface area contributed by atoms with E-state index < -0.39 is 6.85 Å². The van der Waals surface area contributed by atoms with Gasteiger partial charge in [-0.15, -0.1) is 0 Å². The Morgan fingerprint density at radius 1 is 0.455 bits per heavy atom. The first-order valence-electron chi connectivity index (χ1n) is 24.4. The molecule has 0 unspecified atom stereocenters. The van der Waals surface area contributed by atoms with E-state index in [0.29, 0.717) is 11.3 Å². The van der Waals surface area contributed by atoms with Crippen molar-refractivity contribution in [2.75, 3.05) is 0 Å². The van der Waals surface area contributed by atoms with Crippen LogP contribution in [0.15, 0.2) is 175 Å². The molecule has 0 saturated heterocycles. The highest BCUT2D eigenvalue weighted by Crippen LogP contribution is 2.38. The van der Waals surface area contributed by atoms with Crippen molar-refractivity contribution in [3.05, 3.63) is 215 Å². The summed E-state index contributed by atoms with van der Waals surface area (Å²) in [5, 5.41) is 1.70. The van der Waals surface area contributed by atoms with Crippen LogP contribution in [0.5, 0.6) is 0 Å². The van der Waals surface area contributed by atoms with Crippen LogP contribution in [0, 0.1) is 27.6 Å². The molecule has 0 amide bonds. The summed E-state index contributed by atoms with van der Waals surface area (Å²) in [6, 6.07) is 54.1. The minimum atomic E-state index is -2.32. The summed E-state index contributed by atoms with van der Waals surface area (Å²) in [4.78, 5) is 4.43. The Morgan fingerprint density at radius 3 is 1.53 bits per heavy atom. The molecule has 0 aliphatic heterocycles. The SMILES string of the molecule is [2H]C([2H])([2H])c1ccc2c(n1)oc1c(-c3ccc(-c4ccccc4-c4cc(CCc5ccc(-c6ccccc6C)[n+](C)c5)cc(CCc5ccc(-c6ccccc6C)[n+](C)c5)c4)c[n+]3C)c(C)ccc12. The number of rotatable bonds is 11. The zero-order valence-electron chi connectivity index (χ0n) is 41.7. The molecule has 0 saturated carbocycles. The fourth-order valence-corrected chi connectivity index (χ4v) is 9.84. The van der Waals surface area contributed by atoms with Crippen molar-refractivity contribution < 1.29 is 22.2 Å². The van der Waals surface area contributed by atoms with Gasteiger partial charge < -0.3 is 4.42 Å². The summed E-state index contributed by atoms with van der Waals surface area (Å²) in [7, 11) is 6.38. The first-order valence-corrected chi connectivity index (χ1v) is 22.9. The Labute approximate surface area is 393 Å². The summed E-state index contributed by atoms with van der Waals surface area (Å²) in [6.07, 6.45) is 10.4. The first-order chi connectivity index (χ1) is 33.3. The second-order valence-corrected chi connectivity index (χ2v) is 18.0. The van der Waals surface area contributed by atoms with Crippen molar-refractivity contribution in [3.8, 4) is 56.0 Å². The van der Waals surface area contributed by atoms with Crippen molar-refractivity contribution in [2.24, 2.45) is 21.1 Å². The Bertz CT molecular complexity index is 3470. The largest absolute Gasteiger partial charge is 0.437 e. The molecule has 0 bridgehead atoms. The molecule has 5 aromatic heterocycles. The Balaban J connectivity index is 0.991. The van der Waals surface area contributed by atoms with Gasteiger partial charge in [0.1, 0.15) is 21.1 Å². The number of benzene rings is 5. The van der Waals surface area contributed by atoms with Crippen LogP contribution in [0.25, 0.3) is 78.1 Å². The van der Waals surface area contributed by atoms with Crippen LogP contribution < -0.4 is 13.7 Å². The van der Waals surface area contributed by atoms with Gasteiger partial charge in [-0.3, -0.25) is 0 Å². The molecule has 10 aromatic rings. The van der Waals surface area contributed by atoms with Gasteiger partial charge in [-0.2, -0.15) is 0 Å². The van der Waals surface area contributed by atoms with Crippen LogP contribution in [0.4, 0.5) is 0 Å². The van der Waals surface area contributed by atoms with E-state index in [9.17, 15) is 0 Å². The molecular formula is C61H57N4O+3. The van der Waals surface area contributed by atoms with E-state index in [4.69, 9.17) is 8.53 Å². The van der Waals surface area contributed by atoms with E-state index in [1.807, 2.05) is 12.1 Å². The molecule has 5 heterocycles. The highest BCUT2D eigenvalue weighted by atomic mass is 16.3. The highest BCUT2D eigenvalue weighted by molar-refractivity contribution is 6.08. The lowest BCUT2D eigenvalue weighted by molar-refractivity contribution is -0.661. The van der Waals surface area contributed by atoms with Crippen molar-refractivity contribution in [3.63, 3.8) is 0 Å². The normalized spacial score (nSPS) is 12.4. The van der Waals surface area contributed by atoms with Gasteiger partial charge in [0.15, 0.2) is 24.2 Å². The molecule has 0 aliphatic rings. The summed E-state index contributed by atoms with van der Waals surface area (Å²) in [5.41, 5.74) is 21.4. The fraction of sp³-hybridized carbons (Fsp3) is 0.180.